The average Bonchev–Trinajstić information content (AvgIpc) is 3.32. The second kappa shape index (κ2) is 12.1. The van der Waals surface area contributed by atoms with Crippen LogP contribution in [0.1, 0.15) is 64.4 Å². The highest BCUT2D eigenvalue weighted by atomic mass is 33.1. The number of allylic oxidation sites excluding steroid dienone is 3. The summed E-state index contributed by atoms with van der Waals surface area (Å²) in [6.07, 6.45) is 11.1. The fourth-order valence-electron chi connectivity index (χ4n) is 3.80. The number of carbonyl (C=O) groups excluding carboxylic acids is 3. The van der Waals surface area contributed by atoms with Crippen LogP contribution in [0.5, 0.6) is 0 Å². The molecule has 0 spiro atoms. The van der Waals surface area contributed by atoms with Crippen molar-refractivity contribution in [1.82, 2.24) is 15.2 Å². The quantitative estimate of drug-likeness (QED) is 0.318. The maximum absolute atomic E-state index is 12.9. The smallest absolute Gasteiger partial charge is 0.412 e. The monoisotopic (exact) mass is 564 g/mol. The van der Waals surface area contributed by atoms with Crippen LogP contribution >= 0.6 is 33.3 Å². The lowest BCUT2D eigenvalue weighted by atomic mass is 10.0. The summed E-state index contributed by atoms with van der Waals surface area (Å²) in [4.78, 5) is 37.5. The predicted molar refractivity (Wildman–Crippen MR) is 156 cm³/mol. The number of fused-ring (bicyclic) bond motifs is 1. The van der Waals surface area contributed by atoms with Gasteiger partial charge in [-0.05, 0) is 77.5 Å². The minimum Gasteiger partial charge on any atom is -0.444 e. The number of anilines is 1. The molecule has 1 unspecified atom stereocenters. The topological polar surface area (TPSA) is 101 Å². The van der Waals surface area contributed by atoms with Gasteiger partial charge in [-0.15, -0.1) is 0 Å². The number of thioether (sulfide) groups is 1. The molecule has 11 heteroatoms. The fraction of sp³-hybridized carbons (Fsp3) is 0.500. The molecule has 0 bridgehead atoms. The van der Waals surface area contributed by atoms with E-state index in [1.807, 2.05) is 24.5 Å². The average molecular weight is 565 g/mol. The molecule has 1 aliphatic heterocycles. The second-order valence-electron chi connectivity index (χ2n) is 10.5. The molecule has 1 atom stereocenters. The largest absolute Gasteiger partial charge is 0.444 e. The van der Waals surface area contributed by atoms with Gasteiger partial charge in [0.15, 0.2) is 0 Å². The van der Waals surface area contributed by atoms with Crippen LogP contribution in [0.3, 0.4) is 0 Å². The molecule has 1 aromatic rings. The molecule has 1 aromatic heterocycles. The minimum atomic E-state index is -0.614. The molecule has 0 fully saturated rings. The van der Waals surface area contributed by atoms with E-state index in [1.165, 1.54) is 0 Å². The Labute approximate surface area is 231 Å². The molecule has 0 saturated heterocycles. The molecule has 37 heavy (non-hydrogen) atoms. The van der Waals surface area contributed by atoms with Crippen molar-refractivity contribution in [3.05, 3.63) is 52.5 Å². The lowest BCUT2D eigenvalue weighted by Crippen LogP contribution is -2.27. The Kier molecular flexibility index (Phi) is 9.57. The molecule has 2 heterocycles. The second-order valence-corrected chi connectivity index (χ2v) is 14.9. The van der Waals surface area contributed by atoms with Crippen LogP contribution in [0.2, 0.25) is 0 Å². The number of nitrogens with zero attached hydrogens (tertiary/aromatic N) is 1. The Bertz CT molecular complexity index is 1150. The van der Waals surface area contributed by atoms with Crippen LogP contribution in [-0.2, 0) is 16.6 Å². The Balaban J connectivity index is 1.57. The molecule has 1 aliphatic carbocycles. The molecule has 3 amide bonds. The molecular weight excluding hydrogens is 529 g/mol. The van der Waals surface area contributed by atoms with Crippen LogP contribution in [0.4, 0.5) is 10.5 Å². The third-order valence-corrected chi connectivity index (χ3v) is 9.38. The zero-order valence-electron chi connectivity index (χ0n) is 22.4. The number of nitrogens with one attached hydrogen (secondary N) is 3. The number of aromatic nitrogens is 1. The lowest BCUT2D eigenvalue weighted by Gasteiger charge is -2.22. The molecule has 0 saturated carbocycles. The molecule has 3 N–H and O–H groups in total. The van der Waals surface area contributed by atoms with E-state index in [0.717, 1.165) is 23.4 Å². The summed E-state index contributed by atoms with van der Waals surface area (Å²) in [5.74, 6) is -0.260. The van der Waals surface area contributed by atoms with E-state index in [4.69, 9.17) is 4.74 Å². The summed E-state index contributed by atoms with van der Waals surface area (Å²) in [7, 11) is 5.24. The summed E-state index contributed by atoms with van der Waals surface area (Å²) >= 11 is 1.64. The standard InChI is InChI=1S/C26H36N4O4S3/c1-25(2,3)34-24(33)28-18-14-19(30(6)15-18)23(32)27-17-8-9-20-16(12-17)13-22(36-20)29-21(31)10-11-26(4,5)37-35-7/h8,12-15,20H,9-11H2,1-7H3,(H,27,32)(H,28,33)(H,29,31). The van der Waals surface area contributed by atoms with Gasteiger partial charge in [0, 0.05) is 35.4 Å². The first-order valence-corrected chi connectivity index (χ1v) is 15.5. The van der Waals surface area contributed by atoms with Crippen LogP contribution in [0.15, 0.2) is 46.8 Å². The maximum Gasteiger partial charge on any atom is 0.412 e. The van der Waals surface area contributed by atoms with E-state index in [1.54, 1.807) is 78.0 Å². The van der Waals surface area contributed by atoms with Crippen molar-refractivity contribution in [1.29, 1.82) is 0 Å². The fourth-order valence-corrected chi connectivity index (χ4v) is 7.19. The Morgan fingerprint density at radius 2 is 1.86 bits per heavy atom. The Morgan fingerprint density at radius 3 is 2.54 bits per heavy atom. The van der Waals surface area contributed by atoms with Gasteiger partial charge >= 0.3 is 6.09 Å². The van der Waals surface area contributed by atoms with Crippen LogP contribution < -0.4 is 16.0 Å². The van der Waals surface area contributed by atoms with Gasteiger partial charge in [0.1, 0.15) is 11.3 Å². The van der Waals surface area contributed by atoms with E-state index >= 15 is 0 Å². The first-order valence-electron chi connectivity index (χ1n) is 12.0. The molecule has 0 radical (unpaired) electrons. The molecule has 3 rings (SSSR count). The molecule has 8 nitrogen and oxygen atoms in total. The first kappa shape index (κ1) is 29.3. The Morgan fingerprint density at radius 1 is 1.14 bits per heavy atom. The van der Waals surface area contributed by atoms with Gasteiger partial charge in [-0.3, -0.25) is 14.9 Å². The highest BCUT2D eigenvalue weighted by molar-refractivity contribution is 8.76. The van der Waals surface area contributed by atoms with E-state index < -0.39 is 11.7 Å². The van der Waals surface area contributed by atoms with Crippen molar-refractivity contribution >= 4 is 56.9 Å². The number of amides is 3. The third kappa shape index (κ3) is 8.93. The van der Waals surface area contributed by atoms with Gasteiger partial charge < -0.3 is 19.9 Å². The lowest BCUT2D eigenvalue weighted by molar-refractivity contribution is -0.120. The number of carbonyl (C=O) groups is 3. The first-order chi connectivity index (χ1) is 17.2. The summed E-state index contributed by atoms with van der Waals surface area (Å²) < 4.78 is 6.97. The van der Waals surface area contributed by atoms with E-state index in [-0.39, 0.29) is 21.8 Å². The van der Waals surface area contributed by atoms with Gasteiger partial charge in [0.25, 0.3) is 5.91 Å². The number of hydrogen-bond donors (Lipinski definition) is 3. The highest BCUT2D eigenvalue weighted by Gasteiger charge is 2.27. The van der Waals surface area contributed by atoms with Gasteiger partial charge in [0.05, 0.1) is 10.7 Å². The minimum absolute atomic E-state index is 0.0220. The van der Waals surface area contributed by atoms with Gasteiger partial charge in [-0.25, -0.2) is 4.79 Å². The number of hydrogen-bond acceptors (Lipinski definition) is 7. The van der Waals surface area contributed by atoms with Gasteiger partial charge in [0.2, 0.25) is 5.91 Å². The molecule has 202 valence electrons. The van der Waals surface area contributed by atoms with E-state index in [2.05, 4.69) is 29.8 Å². The van der Waals surface area contributed by atoms with Crippen LogP contribution in [-0.4, -0.2) is 44.3 Å². The number of rotatable bonds is 9. The molecule has 0 aromatic carbocycles. The number of ether oxygens (including phenoxy) is 1. The van der Waals surface area contributed by atoms with Crippen molar-refractivity contribution in [2.45, 2.75) is 69.5 Å². The Hall–Kier alpha value is -2.24. The molecular formula is C26H36N4O4S3. The van der Waals surface area contributed by atoms with Crippen molar-refractivity contribution in [2.75, 3.05) is 11.6 Å². The van der Waals surface area contributed by atoms with Crippen molar-refractivity contribution in [2.24, 2.45) is 7.05 Å². The van der Waals surface area contributed by atoms with Crippen molar-refractivity contribution in [3.8, 4) is 0 Å². The summed E-state index contributed by atoms with van der Waals surface area (Å²) in [6.45, 7) is 9.67. The normalized spacial score (nSPS) is 17.3. The van der Waals surface area contributed by atoms with Gasteiger partial charge in [-0.1, -0.05) is 39.4 Å². The van der Waals surface area contributed by atoms with Crippen LogP contribution in [0, 0.1) is 0 Å². The van der Waals surface area contributed by atoms with Crippen molar-refractivity contribution in [3.63, 3.8) is 0 Å². The third-order valence-electron chi connectivity index (χ3n) is 5.48. The zero-order chi connectivity index (χ0) is 27.4. The van der Waals surface area contributed by atoms with Gasteiger partial charge in [-0.2, -0.15) is 0 Å². The highest BCUT2D eigenvalue weighted by Crippen LogP contribution is 2.40. The van der Waals surface area contributed by atoms with Crippen LogP contribution in [0.25, 0.3) is 0 Å². The zero-order valence-corrected chi connectivity index (χ0v) is 24.8. The molecule has 2 aliphatic rings. The van der Waals surface area contributed by atoms with E-state index in [9.17, 15) is 14.4 Å². The SMILES string of the molecule is CSSC(C)(C)CCC(=O)NC1=CC2=CC(NC(=O)c3cc(NC(=O)OC(C)(C)C)cn3C)=CCC2S1. The van der Waals surface area contributed by atoms with E-state index in [0.29, 0.717) is 23.5 Å². The summed E-state index contributed by atoms with van der Waals surface area (Å²) in [6, 6.07) is 1.61. The van der Waals surface area contributed by atoms with Crippen molar-refractivity contribution < 1.29 is 19.1 Å². The summed E-state index contributed by atoms with van der Waals surface area (Å²) in [5, 5.41) is 9.71. The maximum atomic E-state index is 12.9. The number of aryl methyl sites for hydroxylation is 1. The predicted octanol–water partition coefficient (Wildman–Crippen LogP) is 5.96. The summed E-state index contributed by atoms with van der Waals surface area (Å²) in [5.41, 5.74) is 2.04.